The summed E-state index contributed by atoms with van der Waals surface area (Å²) in [5.41, 5.74) is 5.93. The molecule has 0 bridgehead atoms. The molecule has 2 N–H and O–H groups in total. The number of carbonyl (C=O) groups is 2. The van der Waals surface area contributed by atoms with Gasteiger partial charge in [-0.15, -0.1) is 0 Å². The van der Waals surface area contributed by atoms with Crippen molar-refractivity contribution in [2.75, 3.05) is 19.1 Å². The predicted octanol–water partition coefficient (Wildman–Crippen LogP) is 0.805. The summed E-state index contributed by atoms with van der Waals surface area (Å²) >= 11 is 0. The van der Waals surface area contributed by atoms with Crippen LogP contribution in [-0.4, -0.2) is 26.0 Å². The van der Waals surface area contributed by atoms with Crippen molar-refractivity contribution in [1.29, 1.82) is 0 Å². The zero-order valence-electron chi connectivity index (χ0n) is 10.7. The molecule has 1 unspecified atom stereocenters. The molecule has 0 aliphatic carbocycles. The smallest absolute Gasteiger partial charge is 0.237 e. The number of methoxy groups -OCH3 is 1. The second kappa shape index (κ2) is 4.01. The van der Waals surface area contributed by atoms with Crippen LogP contribution in [0.5, 0.6) is 5.75 Å². The van der Waals surface area contributed by atoms with Crippen molar-refractivity contribution >= 4 is 17.5 Å². The van der Waals surface area contributed by atoms with E-state index in [1.54, 1.807) is 38.1 Å². The Bertz CT molecular complexity index is 527. The number of nitrogens with two attached hydrogens (primary N) is 1. The molecule has 0 saturated carbocycles. The summed E-state index contributed by atoms with van der Waals surface area (Å²) in [5, 5.41) is 0. The fourth-order valence-corrected chi connectivity index (χ4v) is 2.49. The van der Waals surface area contributed by atoms with Gasteiger partial charge in [-0.3, -0.25) is 9.59 Å². The first-order valence-corrected chi connectivity index (χ1v) is 5.65. The van der Waals surface area contributed by atoms with E-state index < -0.39 is 11.3 Å². The fourth-order valence-electron chi connectivity index (χ4n) is 2.49. The number of carbonyl (C=O) groups excluding carboxylic acids is 2. The van der Waals surface area contributed by atoms with Crippen molar-refractivity contribution in [2.24, 2.45) is 5.73 Å². The fraction of sp³-hybridized carbons (Fsp3) is 0.385. The molecular weight excluding hydrogens is 232 g/mol. The number of likely N-dealkylation sites (N-methyl/N-ethyl adjacent to an activating group) is 1. The molecule has 5 nitrogen and oxygen atoms in total. The van der Waals surface area contributed by atoms with Crippen molar-refractivity contribution in [3.8, 4) is 5.75 Å². The first-order valence-electron chi connectivity index (χ1n) is 5.65. The molecule has 0 spiro atoms. The number of primary amides is 1. The van der Waals surface area contributed by atoms with Crippen molar-refractivity contribution in [3.63, 3.8) is 0 Å². The maximum Gasteiger partial charge on any atom is 0.237 e. The number of nitrogens with zero attached hydrogens (tertiary/aromatic N) is 1. The second-order valence-electron chi connectivity index (χ2n) is 4.72. The zero-order chi connectivity index (χ0) is 13.5. The topological polar surface area (TPSA) is 72.6 Å². The highest BCUT2D eigenvalue weighted by molar-refractivity contribution is 6.09. The molecule has 2 amide bonds. The van der Waals surface area contributed by atoms with E-state index >= 15 is 0 Å². The third kappa shape index (κ3) is 1.63. The highest BCUT2D eigenvalue weighted by Crippen LogP contribution is 2.44. The Kier molecular flexibility index (Phi) is 2.77. The number of benzene rings is 1. The summed E-state index contributed by atoms with van der Waals surface area (Å²) in [4.78, 5) is 25.0. The van der Waals surface area contributed by atoms with E-state index in [0.29, 0.717) is 5.75 Å². The van der Waals surface area contributed by atoms with Crippen molar-refractivity contribution in [3.05, 3.63) is 23.8 Å². The van der Waals surface area contributed by atoms with Gasteiger partial charge in [0, 0.05) is 19.2 Å². The van der Waals surface area contributed by atoms with Crippen LogP contribution >= 0.6 is 0 Å². The third-order valence-corrected chi connectivity index (χ3v) is 3.46. The van der Waals surface area contributed by atoms with E-state index in [-0.39, 0.29) is 12.3 Å². The summed E-state index contributed by atoms with van der Waals surface area (Å²) < 4.78 is 5.16. The van der Waals surface area contributed by atoms with Crippen LogP contribution in [-0.2, 0) is 15.0 Å². The van der Waals surface area contributed by atoms with Crippen LogP contribution in [0.2, 0.25) is 0 Å². The van der Waals surface area contributed by atoms with Gasteiger partial charge in [-0.05, 0) is 30.7 Å². The maximum atomic E-state index is 12.3. The molecule has 1 aromatic carbocycles. The quantitative estimate of drug-likeness (QED) is 0.860. The lowest BCUT2D eigenvalue weighted by Crippen LogP contribution is -2.39. The SMILES string of the molecule is COc1ccc2c(c1)C(C)(CC(N)=O)C(=O)N2C. The minimum Gasteiger partial charge on any atom is -0.497 e. The van der Waals surface area contributed by atoms with Crippen LogP contribution in [0, 0.1) is 0 Å². The Morgan fingerprint density at radius 2 is 2.17 bits per heavy atom. The van der Waals surface area contributed by atoms with E-state index in [0.717, 1.165) is 11.3 Å². The van der Waals surface area contributed by atoms with Gasteiger partial charge in [0.15, 0.2) is 0 Å². The molecule has 1 aliphatic rings. The second-order valence-corrected chi connectivity index (χ2v) is 4.72. The van der Waals surface area contributed by atoms with Gasteiger partial charge >= 0.3 is 0 Å². The summed E-state index contributed by atoms with van der Waals surface area (Å²) in [5.74, 6) is 0.0482. The zero-order valence-corrected chi connectivity index (χ0v) is 10.7. The number of amides is 2. The lowest BCUT2D eigenvalue weighted by Gasteiger charge is -2.21. The standard InChI is InChI=1S/C13H16N2O3/c1-13(7-11(14)16)9-6-8(18-3)4-5-10(9)15(2)12(13)17/h4-6H,7H2,1-3H3,(H2,14,16). The Hall–Kier alpha value is -2.04. The number of fused-ring (bicyclic) bond motifs is 1. The number of hydrogen-bond donors (Lipinski definition) is 1. The molecule has 1 aromatic rings. The molecule has 5 heteroatoms. The Morgan fingerprint density at radius 1 is 1.50 bits per heavy atom. The maximum absolute atomic E-state index is 12.3. The van der Waals surface area contributed by atoms with E-state index in [2.05, 4.69) is 0 Å². The molecule has 1 atom stereocenters. The largest absolute Gasteiger partial charge is 0.497 e. The van der Waals surface area contributed by atoms with Crippen LogP contribution in [0.15, 0.2) is 18.2 Å². The molecule has 0 aromatic heterocycles. The van der Waals surface area contributed by atoms with E-state index in [4.69, 9.17) is 10.5 Å². The molecule has 96 valence electrons. The monoisotopic (exact) mass is 248 g/mol. The Labute approximate surface area is 106 Å². The molecular formula is C13H16N2O3. The normalized spacial score (nSPS) is 21.9. The average molecular weight is 248 g/mol. The number of hydrogen-bond acceptors (Lipinski definition) is 3. The van der Waals surface area contributed by atoms with Gasteiger partial charge in [-0.2, -0.15) is 0 Å². The van der Waals surface area contributed by atoms with Gasteiger partial charge in [-0.1, -0.05) is 0 Å². The molecule has 0 radical (unpaired) electrons. The first-order chi connectivity index (χ1) is 8.40. The van der Waals surface area contributed by atoms with Crippen LogP contribution in [0.25, 0.3) is 0 Å². The minimum absolute atomic E-state index is 0.00363. The van der Waals surface area contributed by atoms with Gasteiger partial charge in [0.1, 0.15) is 5.75 Å². The van der Waals surface area contributed by atoms with E-state index in [1.165, 1.54) is 0 Å². The van der Waals surface area contributed by atoms with Crippen LogP contribution in [0.4, 0.5) is 5.69 Å². The van der Waals surface area contributed by atoms with Gasteiger partial charge in [-0.25, -0.2) is 0 Å². The van der Waals surface area contributed by atoms with Crippen molar-refractivity contribution in [2.45, 2.75) is 18.8 Å². The molecule has 2 rings (SSSR count). The number of ether oxygens (including phenoxy) is 1. The Morgan fingerprint density at radius 3 is 2.72 bits per heavy atom. The average Bonchev–Trinajstić information content (AvgIpc) is 2.51. The summed E-state index contributed by atoms with van der Waals surface area (Å²) in [6, 6.07) is 5.40. The van der Waals surface area contributed by atoms with Gasteiger partial charge in [0.05, 0.1) is 12.5 Å². The highest BCUT2D eigenvalue weighted by Gasteiger charge is 2.47. The van der Waals surface area contributed by atoms with E-state index in [9.17, 15) is 9.59 Å². The number of rotatable bonds is 3. The summed E-state index contributed by atoms with van der Waals surface area (Å²) in [6.07, 6.45) is -0.00363. The third-order valence-electron chi connectivity index (χ3n) is 3.46. The van der Waals surface area contributed by atoms with Gasteiger partial charge in [0.25, 0.3) is 0 Å². The van der Waals surface area contributed by atoms with E-state index in [1.807, 2.05) is 6.07 Å². The molecule has 1 aliphatic heterocycles. The molecule has 0 saturated heterocycles. The predicted molar refractivity (Wildman–Crippen MR) is 67.6 cm³/mol. The van der Waals surface area contributed by atoms with Gasteiger partial charge in [0.2, 0.25) is 11.8 Å². The van der Waals surface area contributed by atoms with Crippen LogP contribution in [0.1, 0.15) is 18.9 Å². The molecule has 0 fully saturated rings. The van der Waals surface area contributed by atoms with Crippen LogP contribution < -0.4 is 15.4 Å². The summed E-state index contributed by atoms with van der Waals surface area (Å²) in [7, 11) is 3.26. The molecule has 18 heavy (non-hydrogen) atoms. The van der Waals surface area contributed by atoms with Gasteiger partial charge < -0.3 is 15.4 Å². The molecule has 1 heterocycles. The lowest BCUT2D eigenvalue weighted by molar-refractivity contribution is -0.127. The first kappa shape index (κ1) is 12.4. The minimum atomic E-state index is -0.898. The Balaban J connectivity index is 2.58. The van der Waals surface area contributed by atoms with Crippen molar-refractivity contribution in [1.82, 2.24) is 0 Å². The van der Waals surface area contributed by atoms with Crippen molar-refractivity contribution < 1.29 is 14.3 Å². The highest BCUT2D eigenvalue weighted by atomic mass is 16.5. The van der Waals surface area contributed by atoms with Crippen LogP contribution in [0.3, 0.4) is 0 Å². The lowest BCUT2D eigenvalue weighted by atomic mass is 9.80. The number of anilines is 1. The summed E-state index contributed by atoms with van der Waals surface area (Å²) in [6.45, 7) is 1.74.